The Morgan fingerprint density at radius 2 is 1.71 bits per heavy atom. The Morgan fingerprint density at radius 3 is 2.33 bits per heavy atom. The van der Waals surface area contributed by atoms with Crippen LogP contribution in [0.2, 0.25) is 0 Å². The van der Waals surface area contributed by atoms with Crippen molar-refractivity contribution in [1.29, 1.82) is 0 Å². The second-order valence-electron chi connectivity index (χ2n) is 11.4. The zero-order chi connectivity index (χ0) is 17.1. The van der Waals surface area contributed by atoms with Crippen LogP contribution in [-0.4, -0.2) is 12.1 Å². The predicted molar refractivity (Wildman–Crippen MR) is 94.3 cm³/mol. The van der Waals surface area contributed by atoms with Crippen LogP contribution in [0.1, 0.15) is 79.6 Å². The van der Waals surface area contributed by atoms with Gasteiger partial charge >= 0.3 is 5.97 Å². The topological polar surface area (TPSA) is 26.3 Å². The molecule has 6 aliphatic rings. The highest BCUT2D eigenvalue weighted by Gasteiger charge is 2.80. The summed E-state index contributed by atoms with van der Waals surface area (Å²) >= 11 is 0. The van der Waals surface area contributed by atoms with Gasteiger partial charge < -0.3 is 4.74 Å². The van der Waals surface area contributed by atoms with Gasteiger partial charge in [-0.15, -0.1) is 0 Å². The van der Waals surface area contributed by atoms with Gasteiger partial charge in [-0.3, -0.25) is 4.79 Å². The van der Waals surface area contributed by atoms with E-state index in [1.54, 1.807) is 6.92 Å². The Balaban J connectivity index is 1.60. The summed E-state index contributed by atoms with van der Waals surface area (Å²) in [6, 6.07) is 0. The van der Waals surface area contributed by atoms with Gasteiger partial charge in [-0.25, -0.2) is 0 Å². The van der Waals surface area contributed by atoms with Crippen molar-refractivity contribution in [2.75, 3.05) is 0 Å². The van der Waals surface area contributed by atoms with Crippen LogP contribution in [0.15, 0.2) is 0 Å². The van der Waals surface area contributed by atoms with Crippen molar-refractivity contribution in [3.8, 4) is 0 Å². The number of fused-ring (bicyclic) bond motifs is 1. The maximum atomic E-state index is 11.9. The van der Waals surface area contributed by atoms with E-state index in [1.807, 2.05) is 0 Å². The van der Waals surface area contributed by atoms with Gasteiger partial charge in [0, 0.05) is 12.3 Å². The molecule has 24 heavy (non-hydrogen) atoms. The number of carbonyl (C=O) groups excluding carboxylic acids is 1. The first-order valence-electron chi connectivity index (χ1n) is 10.3. The molecule has 2 heteroatoms. The Bertz CT molecular complexity index is 609. The largest absolute Gasteiger partial charge is 0.462 e. The molecule has 8 atom stereocenters. The molecule has 0 radical (unpaired) electrons. The fourth-order valence-electron chi connectivity index (χ4n) is 9.16. The smallest absolute Gasteiger partial charge is 0.302 e. The Labute approximate surface area is 147 Å². The van der Waals surface area contributed by atoms with E-state index in [1.165, 1.54) is 38.5 Å². The molecule has 0 aromatic rings. The molecule has 0 amide bonds. The van der Waals surface area contributed by atoms with E-state index >= 15 is 0 Å². The van der Waals surface area contributed by atoms with Crippen LogP contribution in [0.3, 0.4) is 0 Å². The molecule has 0 saturated heterocycles. The number of carbonyl (C=O) groups is 1. The second-order valence-corrected chi connectivity index (χ2v) is 11.4. The standard InChI is InChI=1S/C22H34O2/c1-13(23)24-18-10-16-19(2,3)7-6-8-20(16,4)17-9-14-15-11-22(17,18)12-21(14,15)5/h14-18H,6-12H2,1-5H3/t14-,15+,16-,17+,18+,20-,21-,22-/m1/s1. The van der Waals surface area contributed by atoms with E-state index < -0.39 is 0 Å². The monoisotopic (exact) mass is 330 g/mol. The zero-order valence-electron chi connectivity index (χ0n) is 16.2. The molecule has 0 aromatic carbocycles. The van der Waals surface area contributed by atoms with Crippen molar-refractivity contribution in [1.82, 2.24) is 0 Å². The number of esters is 1. The molecular formula is C22H34O2. The van der Waals surface area contributed by atoms with Crippen LogP contribution in [0.5, 0.6) is 0 Å². The molecule has 0 unspecified atom stereocenters. The van der Waals surface area contributed by atoms with Gasteiger partial charge in [-0.1, -0.05) is 34.1 Å². The number of hydrogen-bond acceptors (Lipinski definition) is 2. The highest BCUT2D eigenvalue weighted by atomic mass is 16.5. The summed E-state index contributed by atoms with van der Waals surface area (Å²) in [5.41, 5.74) is 1.74. The summed E-state index contributed by atoms with van der Waals surface area (Å²) in [7, 11) is 0. The minimum absolute atomic E-state index is 0.0572. The maximum Gasteiger partial charge on any atom is 0.302 e. The van der Waals surface area contributed by atoms with Gasteiger partial charge in [0.05, 0.1) is 0 Å². The van der Waals surface area contributed by atoms with Crippen LogP contribution < -0.4 is 0 Å². The molecule has 2 nitrogen and oxygen atoms in total. The van der Waals surface area contributed by atoms with Crippen molar-refractivity contribution in [3.05, 3.63) is 0 Å². The second kappa shape index (κ2) is 4.23. The molecule has 6 saturated carbocycles. The molecule has 6 fully saturated rings. The number of rotatable bonds is 1. The van der Waals surface area contributed by atoms with Gasteiger partial charge in [0.2, 0.25) is 0 Å². The number of hydrogen-bond donors (Lipinski definition) is 0. The van der Waals surface area contributed by atoms with Gasteiger partial charge in [-0.2, -0.15) is 0 Å². The molecule has 4 bridgehead atoms. The normalized spacial score (nSPS) is 59.3. The molecule has 134 valence electrons. The first-order valence-corrected chi connectivity index (χ1v) is 10.3. The van der Waals surface area contributed by atoms with Gasteiger partial charge in [0.15, 0.2) is 0 Å². The third kappa shape index (κ3) is 1.62. The highest BCUT2D eigenvalue weighted by Crippen LogP contribution is 2.85. The summed E-state index contributed by atoms with van der Waals surface area (Å²) in [4.78, 5) is 11.9. The molecule has 0 N–H and O–H groups in total. The van der Waals surface area contributed by atoms with E-state index in [2.05, 4.69) is 27.7 Å². The lowest BCUT2D eigenvalue weighted by Gasteiger charge is -2.67. The lowest BCUT2D eigenvalue weighted by molar-refractivity contribution is -0.223. The minimum Gasteiger partial charge on any atom is -0.462 e. The molecule has 1 spiro atoms. The van der Waals surface area contributed by atoms with Crippen molar-refractivity contribution < 1.29 is 9.53 Å². The maximum absolute atomic E-state index is 11.9. The first kappa shape index (κ1) is 15.7. The van der Waals surface area contributed by atoms with E-state index in [0.29, 0.717) is 27.6 Å². The van der Waals surface area contributed by atoms with Crippen molar-refractivity contribution in [3.63, 3.8) is 0 Å². The zero-order valence-corrected chi connectivity index (χ0v) is 16.2. The quantitative estimate of drug-likeness (QED) is 0.617. The van der Waals surface area contributed by atoms with Crippen LogP contribution in [0, 0.1) is 45.3 Å². The highest BCUT2D eigenvalue weighted by molar-refractivity contribution is 5.66. The van der Waals surface area contributed by atoms with Crippen LogP contribution in [-0.2, 0) is 9.53 Å². The Hall–Kier alpha value is -0.530. The summed E-state index contributed by atoms with van der Waals surface area (Å²) < 4.78 is 6.09. The van der Waals surface area contributed by atoms with Crippen molar-refractivity contribution in [2.24, 2.45) is 45.3 Å². The first-order chi connectivity index (χ1) is 11.1. The van der Waals surface area contributed by atoms with Crippen LogP contribution >= 0.6 is 0 Å². The van der Waals surface area contributed by atoms with Gasteiger partial charge in [0.25, 0.3) is 0 Å². The van der Waals surface area contributed by atoms with Crippen molar-refractivity contribution >= 4 is 5.97 Å². The minimum atomic E-state index is -0.0572. The molecule has 6 aliphatic carbocycles. The fourth-order valence-corrected chi connectivity index (χ4v) is 9.16. The van der Waals surface area contributed by atoms with E-state index in [4.69, 9.17) is 4.74 Å². The molecule has 0 aromatic heterocycles. The fraction of sp³-hybridized carbons (Fsp3) is 0.955. The van der Waals surface area contributed by atoms with E-state index in [0.717, 1.165) is 24.2 Å². The lowest BCUT2D eigenvalue weighted by atomic mass is 9.39. The molecule has 0 aliphatic heterocycles. The average Bonchev–Trinajstić information content (AvgIpc) is 2.91. The summed E-state index contributed by atoms with van der Waals surface area (Å²) in [5, 5.41) is 0. The van der Waals surface area contributed by atoms with Gasteiger partial charge in [-0.05, 0) is 78.4 Å². The third-order valence-corrected chi connectivity index (χ3v) is 10.0. The molecule has 0 heterocycles. The Kier molecular flexibility index (Phi) is 2.77. The van der Waals surface area contributed by atoms with Gasteiger partial charge in [0.1, 0.15) is 6.10 Å². The SMILES string of the molecule is CC(=O)O[C@H]1C[C@@H]2C(C)(C)CCC[C@@]2(C)[C@@H]2C[C@@H]3[C@@H]4C[C@]12C[C@]34C. The average molecular weight is 331 g/mol. The molecule has 6 rings (SSSR count). The predicted octanol–water partition coefficient (Wildman–Crippen LogP) is 5.21. The number of ether oxygens (including phenoxy) is 1. The summed E-state index contributed by atoms with van der Waals surface area (Å²) in [6.45, 7) is 11.7. The third-order valence-electron chi connectivity index (χ3n) is 10.0. The lowest BCUT2D eigenvalue weighted by Crippen LogP contribution is -2.63. The summed E-state index contributed by atoms with van der Waals surface area (Å²) in [5.74, 6) is 3.34. The van der Waals surface area contributed by atoms with Crippen molar-refractivity contribution in [2.45, 2.75) is 85.7 Å². The van der Waals surface area contributed by atoms with E-state index in [-0.39, 0.29) is 12.1 Å². The van der Waals surface area contributed by atoms with Crippen LogP contribution in [0.25, 0.3) is 0 Å². The van der Waals surface area contributed by atoms with E-state index in [9.17, 15) is 4.79 Å². The Morgan fingerprint density at radius 1 is 0.958 bits per heavy atom. The van der Waals surface area contributed by atoms with Crippen LogP contribution in [0.4, 0.5) is 0 Å². The molecular weight excluding hydrogens is 296 g/mol. The summed E-state index contributed by atoms with van der Waals surface area (Å²) in [6.07, 6.45) is 9.52.